The second-order valence-corrected chi connectivity index (χ2v) is 6.28. The molecule has 0 radical (unpaired) electrons. The minimum absolute atomic E-state index is 0.240. The summed E-state index contributed by atoms with van der Waals surface area (Å²) in [5.74, 6) is 0.827. The molecule has 0 aromatic carbocycles. The van der Waals surface area contributed by atoms with Crippen molar-refractivity contribution in [1.82, 2.24) is 9.80 Å². The van der Waals surface area contributed by atoms with E-state index < -0.39 is 0 Å². The number of Topliss-reactive ketones (excluding diaryl/α,β-unsaturated/α-hetero) is 1. The molecule has 0 aliphatic heterocycles. The molecular formula is C14H24N2OS. The number of rotatable bonds is 8. The third-order valence-electron chi connectivity index (χ3n) is 2.65. The maximum absolute atomic E-state index is 12.1. The molecule has 0 bridgehead atoms. The van der Waals surface area contributed by atoms with E-state index in [0.29, 0.717) is 12.5 Å². The van der Waals surface area contributed by atoms with Gasteiger partial charge in [0.15, 0.2) is 5.78 Å². The fraction of sp³-hybridized carbons (Fsp3) is 0.643. The highest BCUT2D eigenvalue weighted by atomic mass is 32.1. The van der Waals surface area contributed by atoms with Crippen LogP contribution in [0, 0.1) is 5.92 Å². The molecule has 0 saturated carbocycles. The monoisotopic (exact) mass is 268 g/mol. The van der Waals surface area contributed by atoms with E-state index in [-0.39, 0.29) is 5.78 Å². The summed E-state index contributed by atoms with van der Waals surface area (Å²) >= 11 is 1.53. The van der Waals surface area contributed by atoms with Crippen molar-refractivity contribution in [3.8, 4) is 0 Å². The maximum Gasteiger partial charge on any atom is 0.186 e. The average molecular weight is 268 g/mol. The number of likely N-dealkylation sites (N-methyl/N-ethyl adjacent to an activating group) is 1. The maximum atomic E-state index is 12.1. The Kier molecular flexibility index (Phi) is 6.54. The van der Waals surface area contributed by atoms with Crippen LogP contribution in [0.1, 0.15) is 23.5 Å². The molecule has 3 nitrogen and oxygen atoms in total. The molecule has 0 N–H and O–H groups in total. The Hall–Kier alpha value is -0.710. The van der Waals surface area contributed by atoms with Crippen molar-refractivity contribution >= 4 is 17.1 Å². The third kappa shape index (κ3) is 5.76. The van der Waals surface area contributed by atoms with Gasteiger partial charge in [0.1, 0.15) is 0 Å². The number of carbonyl (C=O) groups excluding carboxylic acids is 1. The van der Waals surface area contributed by atoms with Gasteiger partial charge < -0.3 is 4.90 Å². The van der Waals surface area contributed by atoms with Gasteiger partial charge in [0.2, 0.25) is 0 Å². The molecule has 102 valence electrons. The van der Waals surface area contributed by atoms with Crippen LogP contribution < -0.4 is 0 Å². The average Bonchev–Trinajstić information content (AvgIpc) is 2.78. The molecule has 4 heteroatoms. The van der Waals surface area contributed by atoms with Crippen LogP contribution in [0.25, 0.3) is 0 Å². The van der Waals surface area contributed by atoms with Crippen LogP contribution in [-0.2, 0) is 0 Å². The number of ketones is 1. The van der Waals surface area contributed by atoms with Gasteiger partial charge in [0, 0.05) is 19.6 Å². The Balaban J connectivity index is 2.51. The van der Waals surface area contributed by atoms with Gasteiger partial charge in [-0.1, -0.05) is 19.9 Å². The molecule has 0 fully saturated rings. The third-order valence-corrected chi connectivity index (χ3v) is 3.56. The highest BCUT2D eigenvalue weighted by Gasteiger charge is 2.14. The van der Waals surface area contributed by atoms with E-state index in [0.717, 1.165) is 24.5 Å². The van der Waals surface area contributed by atoms with Gasteiger partial charge in [-0.05, 0) is 31.5 Å². The van der Waals surface area contributed by atoms with E-state index in [1.165, 1.54) is 11.3 Å². The summed E-state index contributed by atoms with van der Waals surface area (Å²) in [5.41, 5.74) is 0. The molecule has 0 saturated heterocycles. The van der Waals surface area contributed by atoms with Crippen LogP contribution >= 0.6 is 11.3 Å². The van der Waals surface area contributed by atoms with Crippen molar-refractivity contribution in [2.24, 2.45) is 5.92 Å². The summed E-state index contributed by atoms with van der Waals surface area (Å²) in [6.45, 7) is 7.83. The van der Waals surface area contributed by atoms with Gasteiger partial charge in [0.05, 0.1) is 11.4 Å². The molecule has 18 heavy (non-hydrogen) atoms. The Bertz CT molecular complexity index is 347. The molecule has 0 amide bonds. The molecular weight excluding hydrogens is 244 g/mol. The predicted octanol–water partition coefficient (Wildman–Crippen LogP) is 2.45. The number of carbonyl (C=O) groups is 1. The van der Waals surface area contributed by atoms with Crippen molar-refractivity contribution in [1.29, 1.82) is 0 Å². The minimum Gasteiger partial charge on any atom is -0.308 e. The fourth-order valence-corrected chi connectivity index (χ4v) is 2.47. The van der Waals surface area contributed by atoms with Gasteiger partial charge in [-0.25, -0.2) is 0 Å². The second-order valence-electron chi connectivity index (χ2n) is 5.33. The highest BCUT2D eigenvalue weighted by Crippen LogP contribution is 2.10. The Morgan fingerprint density at radius 3 is 2.56 bits per heavy atom. The summed E-state index contributed by atoms with van der Waals surface area (Å²) in [5, 5.41) is 1.96. The summed E-state index contributed by atoms with van der Waals surface area (Å²) in [6.07, 6.45) is 0. The zero-order valence-electron chi connectivity index (χ0n) is 11.8. The number of nitrogens with zero attached hydrogens (tertiary/aromatic N) is 2. The van der Waals surface area contributed by atoms with E-state index in [9.17, 15) is 4.79 Å². The normalized spacial score (nSPS) is 11.7. The Morgan fingerprint density at radius 2 is 2.06 bits per heavy atom. The van der Waals surface area contributed by atoms with E-state index in [2.05, 4.69) is 37.7 Å². The SMILES string of the molecule is CC(C)CN(CCN(C)C)CC(=O)c1cccs1. The lowest BCUT2D eigenvalue weighted by atomic mass is 10.2. The van der Waals surface area contributed by atoms with Crippen molar-refractivity contribution in [2.45, 2.75) is 13.8 Å². The van der Waals surface area contributed by atoms with Crippen molar-refractivity contribution in [3.05, 3.63) is 22.4 Å². The van der Waals surface area contributed by atoms with Gasteiger partial charge in [-0.2, -0.15) is 0 Å². The van der Waals surface area contributed by atoms with E-state index in [1.54, 1.807) is 0 Å². The summed E-state index contributed by atoms with van der Waals surface area (Å²) < 4.78 is 0. The van der Waals surface area contributed by atoms with E-state index >= 15 is 0 Å². The minimum atomic E-state index is 0.240. The summed E-state index contributed by atoms with van der Waals surface area (Å²) in [7, 11) is 4.13. The molecule has 0 atom stereocenters. The second kappa shape index (κ2) is 7.67. The van der Waals surface area contributed by atoms with Gasteiger partial charge in [-0.15, -0.1) is 11.3 Å². The van der Waals surface area contributed by atoms with E-state index in [4.69, 9.17) is 0 Å². The van der Waals surface area contributed by atoms with Crippen LogP contribution in [0.4, 0.5) is 0 Å². The lowest BCUT2D eigenvalue weighted by Gasteiger charge is -2.24. The van der Waals surface area contributed by atoms with Crippen LogP contribution in [0.2, 0.25) is 0 Å². The van der Waals surface area contributed by atoms with Gasteiger partial charge >= 0.3 is 0 Å². The Morgan fingerprint density at radius 1 is 1.33 bits per heavy atom. The molecule has 1 rings (SSSR count). The smallest absolute Gasteiger partial charge is 0.186 e. The van der Waals surface area contributed by atoms with Crippen molar-refractivity contribution in [3.63, 3.8) is 0 Å². The van der Waals surface area contributed by atoms with Crippen LogP contribution in [0.3, 0.4) is 0 Å². The summed E-state index contributed by atoms with van der Waals surface area (Å²) in [4.78, 5) is 17.4. The molecule has 0 aliphatic rings. The first-order chi connectivity index (χ1) is 8.49. The highest BCUT2D eigenvalue weighted by molar-refractivity contribution is 7.12. The van der Waals surface area contributed by atoms with Crippen LogP contribution in [0.15, 0.2) is 17.5 Å². The molecule has 0 unspecified atom stereocenters. The fourth-order valence-electron chi connectivity index (χ4n) is 1.81. The van der Waals surface area contributed by atoms with Crippen molar-refractivity contribution in [2.75, 3.05) is 40.3 Å². The zero-order chi connectivity index (χ0) is 13.5. The lowest BCUT2D eigenvalue weighted by Crippen LogP contribution is -2.37. The largest absolute Gasteiger partial charge is 0.308 e. The molecule has 0 spiro atoms. The number of hydrogen-bond donors (Lipinski definition) is 0. The van der Waals surface area contributed by atoms with Crippen molar-refractivity contribution < 1.29 is 4.79 Å². The first kappa shape index (κ1) is 15.3. The van der Waals surface area contributed by atoms with Gasteiger partial charge in [-0.3, -0.25) is 9.69 Å². The zero-order valence-corrected chi connectivity index (χ0v) is 12.7. The topological polar surface area (TPSA) is 23.6 Å². The lowest BCUT2D eigenvalue weighted by molar-refractivity contribution is 0.0920. The first-order valence-electron chi connectivity index (χ1n) is 6.43. The number of hydrogen-bond acceptors (Lipinski definition) is 4. The predicted molar refractivity (Wildman–Crippen MR) is 78.5 cm³/mol. The van der Waals surface area contributed by atoms with E-state index in [1.807, 2.05) is 17.5 Å². The Labute approximate surface area is 114 Å². The van der Waals surface area contributed by atoms with Gasteiger partial charge in [0.25, 0.3) is 0 Å². The molecule has 1 heterocycles. The molecule has 1 aromatic heterocycles. The standard InChI is InChI=1S/C14H24N2OS/c1-12(2)10-16(8-7-15(3)4)11-13(17)14-6-5-9-18-14/h5-6,9,12H,7-8,10-11H2,1-4H3. The van der Waals surface area contributed by atoms with Crippen LogP contribution in [-0.4, -0.2) is 55.9 Å². The summed E-state index contributed by atoms with van der Waals surface area (Å²) in [6, 6.07) is 3.84. The molecule has 1 aromatic rings. The molecule has 0 aliphatic carbocycles. The first-order valence-corrected chi connectivity index (χ1v) is 7.30. The van der Waals surface area contributed by atoms with Crippen LogP contribution in [0.5, 0.6) is 0 Å². The quantitative estimate of drug-likeness (QED) is 0.677. The number of thiophene rings is 1.